The van der Waals surface area contributed by atoms with Crippen LogP contribution in [0.1, 0.15) is 49.1 Å². The fourth-order valence-corrected chi connectivity index (χ4v) is 5.20. The normalized spacial score (nSPS) is 20.3. The van der Waals surface area contributed by atoms with Crippen LogP contribution < -0.4 is 9.47 Å². The molecule has 1 fully saturated rings. The number of ether oxygens (including phenoxy) is 4. The second-order valence-corrected chi connectivity index (χ2v) is 10.1. The van der Waals surface area contributed by atoms with Crippen LogP contribution in [0.3, 0.4) is 0 Å². The predicted octanol–water partition coefficient (Wildman–Crippen LogP) is 7.04. The zero-order chi connectivity index (χ0) is 27.2. The zero-order valence-electron chi connectivity index (χ0n) is 22.0. The van der Waals surface area contributed by atoms with E-state index < -0.39 is 12.2 Å². The highest BCUT2D eigenvalue weighted by atomic mass is 35.5. The molecule has 8 heteroatoms. The largest absolute Gasteiger partial charge is 0.493 e. The minimum Gasteiger partial charge on any atom is -0.493 e. The lowest BCUT2D eigenvalue weighted by atomic mass is 9.90. The monoisotopic (exact) mass is 557 g/mol. The van der Waals surface area contributed by atoms with Gasteiger partial charge in [0.25, 0.3) is 5.91 Å². The number of carbonyl (C=O) groups is 1. The van der Waals surface area contributed by atoms with Gasteiger partial charge in [0.1, 0.15) is 12.2 Å². The van der Waals surface area contributed by atoms with Crippen molar-refractivity contribution in [1.29, 1.82) is 0 Å². The number of amides is 1. The molecule has 3 aromatic carbocycles. The summed E-state index contributed by atoms with van der Waals surface area (Å²) < 4.78 is 23.2. The quantitative estimate of drug-likeness (QED) is 0.267. The molecule has 4 atom stereocenters. The number of methoxy groups -OCH3 is 2. The zero-order valence-corrected chi connectivity index (χ0v) is 23.5. The topological polar surface area (TPSA) is 57.2 Å². The van der Waals surface area contributed by atoms with E-state index in [1.54, 1.807) is 21.1 Å². The van der Waals surface area contributed by atoms with E-state index in [1.165, 1.54) is 0 Å². The van der Waals surface area contributed by atoms with Gasteiger partial charge in [0, 0.05) is 10.0 Å². The first-order valence-electron chi connectivity index (χ1n) is 12.6. The van der Waals surface area contributed by atoms with Crippen molar-refractivity contribution in [2.45, 2.75) is 51.2 Å². The Balaban J connectivity index is 1.63. The summed E-state index contributed by atoms with van der Waals surface area (Å²) in [6.45, 7) is 4.58. The van der Waals surface area contributed by atoms with E-state index >= 15 is 0 Å². The van der Waals surface area contributed by atoms with Crippen LogP contribution in [0.4, 0.5) is 0 Å². The maximum Gasteiger partial charge on any atom is 0.252 e. The number of benzene rings is 3. The third-order valence-corrected chi connectivity index (χ3v) is 7.31. The van der Waals surface area contributed by atoms with Crippen molar-refractivity contribution >= 4 is 29.1 Å². The Morgan fingerprint density at radius 3 is 2.32 bits per heavy atom. The molecule has 1 aliphatic rings. The van der Waals surface area contributed by atoms with Crippen molar-refractivity contribution in [1.82, 2.24) is 4.90 Å². The lowest BCUT2D eigenvalue weighted by Gasteiger charge is -2.47. The minimum atomic E-state index is -0.623. The number of carbonyl (C=O) groups excluding carboxylic acids is 1. The third kappa shape index (κ3) is 6.26. The van der Waals surface area contributed by atoms with Gasteiger partial charge in [-0.25, -0.2) is 0 Å². The Labute approximate surface area is 234 Å². The molecule has 38 heavy (non-hydrogen) atoms. The van der Waals surface area contributed by atoms with Gasteiger partial charge in [-0.05, 0) is 66.4 Å². The number of halogens is 2. The van der Waals surface area contributed by atoms with Crippen LogP contribution in [0.2, 0.25) is 10.0 Å². The van der Waals surface area contributed by atoms with E-state index in [4.69, 9.17) is 42.1 Å². The van der Waals surface area contributed by atoms with Crippen LogP contribution in [0.15, 0.2) is 66.7 Å². The van der Waals surface area contributed by atoms with Crippen molar-refractivity contribution in [3.63, 3.8) is 0 Å². The van der Waals surface area contributed by atoms with Crippen LogP contribution in [-0.2, 0) is 20.9 Å². The summed E-state index contributed by atoms with van der Waals surface area (Å²) in [4.78, 5) is 15.6. The van der Waals surface area contributed by atoms with Crippen molar-refractivity contribution in [2.75, 3.05) is 20.8 Å². The first-order valence-corrected chi connectivity index (χ1v) is 13.4. The number of hydrogen-bond donors (Lipinski definition) is 0. The van der Waals surface area contributed by atoms with E-state index in [0.29, 0.717) is 41.2 Å². The molecule has 0 bridgehead atoms. The second kappa shape index (κ2) is 12.9. The van der Waals surface area contributed by atoms with Gasteiger partial charge in [0.15, 0.2) is 11.5 Å². The molecule has 4 rings (SSSR count). The smallest absolute Gasteiger partial charge is 0.252 e. The summed E-state index contributed by atoms with van der Waals surface area (Å²) in [7, 11) is 3.21. The van der Waals surface area contributed by atoms with Gasteiger partial charge >= 0.3 is 0 Å². The molecule has 1 amide bonds. The average molecular weight is 559 g/mol. The van der Waals surface area contributed by atoms with Crippen LogP contribution in [-0.4, -0.2) is 43.8 Å². The number of morpholine rings is 1. The maximum absolute atomic E-state index is 13.7. The first kappa shape index (κ1) is 28.2. The molecule has 0 spiro atoms. The Kier molecular flexibility index (Phi) is 9.55. The lowest BCUT2D eigenvalue weighted by molar-refractivity contribution is -0.179. The summed E-state index contributed by atoms with van der Waals surface area (Å²) in [5.74, 6) is 1.23. The molecule has 0 saturated carbocycles. The second-order valence-electron chi connectivity index (χ2n) is 9.26. The van der Waals surface area contributed by atoms with Crippen LogP contribution >= 0.6 is 23.2 Å². The fraction of sp³-hybridized carbons (Fsp3) is 0.367. The molecule has 1 aliphatic heterocycles. The molecule has 0 N–H and O–H groups in total. The summed E-state index contributed by atoms with van der Waals surface area (Å²) in [5, 5.41) is 1.24. The number of nitrogens with zero attached hydrogens (tertiary/aromatic N) is 1. The fourth-order valence-electron chi connectivity index (χ4n) is 4.87. The summed E-state index contributed by atoms with van der Waals surface area (Å²) in [6.07, 6.45) is -0.332. The Morgan fingerprint density at radius 2 is 1.66 bits per heavy atom. The predicted molar refractivity (Wildman–Crippen MR) is 149 cm³/mol. The molecule has 1 heterocycles. The van der Waals surface area contributed by atoms with Crippen LogP contribution in [0.5, 0.6) is 11.5 Å². The maximum atomic E-state index is 13.7. The highest BCUT2D eigenvalue weighted by molar-refractivity contribution is 6.30. The SMILES string of the molecule is CC[C@@H](COCc1ccc(OC)c(OC)c1)N1C(=O)[C@@H](C)O[C@H](c2cccc(Cl)c2)[C@H]1c1ccc(Cl)cc1. The third-order valence-electron chi connectivity index (χ3n) is 6.82. The minimum absolute atomic E-state index is 0.0789. The van der Waals surface area contributed by atoms with E-state index in [9.17, 15) is 4.79 Å². The van der Waals surface area contributed by atoms with Crippen molar-refractivity contribution in [2.24, 2.45) is 0 Å². The van der Waals surface area contributed by atoms with Crippen molar-refractivity contribution < 1.29 is 23.7 Å². The highest BCUT2D eigenvalue weighted by Crippen LogP contribution is 2.44. The summed E-state index contributed by atoms with van der Waals surface area (Å²) in [6, 6.07) is 20.3. The van der Waals surface area contributed by atoms with Gasteiger partial charge in [-0.3, -0.25) is 4.79 Å². The molecule has 0 unspecified atom stereocenters. The van der Waals surface area contributed by atoms with Gasteiger partial charge in [-0.2, -0.15) is 0 Å². The van der Waals surface area contributed by atoms with E-state index in [-0.39, 0.29) is 18.0 Å². The van der Waals surface area contributed by atoms with Crippen LogP contribution in [0.25, 0.3) is 0 Å². The van der Waals surface area contributed by atoms with E-state index in [0.717, 1.165) is 16.7 Å². The number of hydrogen-bond acceptors (Lipinski definition) is 5. The highest BCUT2D eigenvalue weighted by Gasteiger charge is 2.45. The summed E-state index contributed by atoms with van der Waals surface area (Å²) >= 11 is 12.6. The van der Waals surface area contributed by atoms with Crippen molar-refractivity contribution in [3.05, 3.63) is 93.5 Å². The number of rotatable bonds is 10. The Bertz CT molecular complexity index is 1240. The van der Waals surface area contributed by atoms with Crippen molar-refractivity contribution in [3.8, 4) is 11.5 Å². The molecule has 0 radical (unpaired) electrons. The van der Waals surface area contributed by atoms with Gasteiger partial charge in [-0.15, -0.1) is 0 Å². The molecule has 0 aromatic heterocycles. The molecule has 6 nitrogen and oxygen atoms in total. The lowest BCUT2D eigenvalue weighted by Crippen LogP contribution is -2.55. The van der Waals surface area contributed by atoms with Gasteiger partial charge < -0.3 is 23.8 Å². The van der Waals surface area contributed by atoms with E-state index in [1.807, 2.05) is 71.6 Å². The van der Waals surface area contributed by atoms with Crippen LogP contribution in [0, 0.1) is 0 Å². The van der Waals surface area contributed by atoms with Gasteiger partial charge in [-0.1, -0.05) is 60.5 Å². The molecular formula is C30H33Cl2NO5. The Morgan fingerprint density at radius 1 is 0.921 bits per heavy atom. The average Bonchev–Trinajstić information content (AvgIpc) is 2.93. The molecular weight excluding hydrogens is 525 g/mol. The van der Waals surface area contributed by atoms with E-state index in [2.05, 4.69) is 6.92 Å². The molecule has 1 saturated heterocycles. The van der Waals surface area contributed by atoms with Gasteiger partial charge in [0.2, 0.25) is 0 Å². The standard InChI is InChI=1S/C30H33Cl2NO5/c1-5-25(18-37-17-20-9-14-26(35-3)27(15-20)36-4)33-28(21-10-12-23(31)13-11-21)29(38-19(2)30(33)34)22-7-6-8-24(32)16-22/h6-16,19,25,28-29H,5,17-18H2,1-4H3/t19-,25+,28-,29-/m1/s1. The van der Waals surface area contributed by atoms with Gasteiger partial charge in [0.05, 0.1) is 39.5 Å². The molecule has 0 aliphatic carbocycles. The summed E-state index contributed by atoms with van der Waals surface area (Å²) in [5.41, 5.74) is 2.78. The Hall–Kier alpha value is -2.77. The molecule has 3 aromatic rings. The molecule has 202 valence electrons. The first-order chi connectivity index (χ1) is 18.4.